The third kappa shape index (κ3) is 5.02. The van der Waals surface area contributed by atoms with E-state index in [0.717, 1.165) is 18.4 Å². The maximum Gasteiger partial charge on any atom is 0.255 e. The Bertz CT molecular complexity index is 1600. The number of hydrogen-bond acceptors (Lipinski definition) is 5. The number of halogens is 4. The van der Waals surface area contributed by atoms with Crippen LogP contribution in [-0.2, 0) is 21.2 Å². The Labute approximate surface area is 247 Å². The van der Waals surface area contributed by atoms with Crippen molar-refractivity contribution in [1.29, 1.82) is 0 Å². The Morgan fingerprint density at radius 3 is 2.31 bits per heavy atom. The summed E-state index contributed by atoms with van der Waals surface area (Å²) in [6.45, 7) is 3.36. The molecule has 6 nitrogen and oxygen atoms in total. The number of sulfone groups is 1. The van der Waals surface area contributed by atoms with Crippen LogP contribution in [0.3, 0.4) is 0 Å². The molecule has 3 unspecified atom stereocenters. The highest BCUT2D eigenvalue weighted by atomic mass is 35.5. The highest BCUT2D eigenvalue weighted by molar-refractivity contribution is 7.92. The van der Waals surface area contributed by atoms with Crippen LogP contribution in [0, 0.1) is 35.2 Å². The SMILES string of the molecule is CC1CON(Cc2ccccc2)[C@]12CC1CC[C@H](C2)C1S(=O)(=O)c1cc(C(=O)Nc2cc(F)c(F)c(F)c2)ccc1Cl. The molecule has 1 aliphatic heterocycles. The summed E-state index contributed by atoms with van der Waals surface area (Å²) in [6, 6.07) is 15.2. The Balaban J connectivity index is 1.26. The molecular weight excluding hydrogens is 589 g/mol. The van der Waals surface area contributed by atoms with Crippen molar-refractivity contribution in [2.45, 2.75) is 54.8 Å². The lowest BCUT2D eigenvalue weighted by Gasteiger charge is -2.47. The molecule has 3 fully saturated rings. The zero-order valence-corrected chi connectivity index (χ0v) is 24.4. The van der Waals surface area contributed by atoms with E-state index in [2.05, 4.69) is 29.4 Å². The van der Waals surface area contributed by atoms with Crippen molar-refractivity contribution in [2.24, 2.45) is 17.8 Å². The summed E-state index contributed by atoms with van der Waals surface area (Å²) in [6.07, 6.45) is 2.87. The number of carbonyl (C=O) groups is 1. The van der Waals surface area contributed by atoms with E-state index in [-0.39, 0.29) is 44.5 Å². The van der Waals surface area contributed by atoms with Crippen molar-refractivity contribution in [2.75, 3.05) is 11.9 Å². The van der Waals surface area contributed by atoms with Gasteiger partial charge < -0.3 is 5.32 Å². The van der Waals surface area contributed by atoms with Crippen LogP contribution in [0.1, 0.15) is 48.5 Å². The summed E-state index contributed by atoms with van der Waals surface area (Å²) in [4.78, 5) is 18.9. The summed E-state index contributed by atoms with van der Waals surface area (Å²) in [7, 11) is -3.96. The largest absolute Gasteiger partial charge is 0.322 e. The summed E-state index contributed by atoms with van der Waals surface area (Å²) in [5.41, 5.74) is 0.480. The van der Waals surface area contributed by atoms with Gasteiger partial charge in [-0.05, 0) is 61.3 Å². The van der Waals surface area contributed by atoms with Crippen molar-refractivity contribution in [3.63, 3.8) is 0 Å². The molecule has 6 rings (SSSR count). The van der Waals surface area contributed by atoms with Crippen LogP contribution in [0.25, 0.3) is 0 Å². The summed E-state index contributed by atoms with van der Waals surface area (Å²) in [5.74, 6) is -5.39. The quantitative estimate of drug-likeness (QED) is 0.308. The van der Waals surface area contributed by atoms with E-state index < -0.39 is 38.4 Å². The second-order valence-electron chi connectivity index (χ2n) is 11.7. The van der Waals surface area contributed by atoms with Crippen molar-refractivity contribution < 1.29 is 31.2 Å². The van der Waals surface area contributed by atoms with Gasteiger partial charge in [-0.1, -0.05) is 48.9 Å². The van der Waals surface area contributed by atoms with Crippen LogP contribution in [0.2, 0.25) is 5.02 Å². The van der Waals surface area contributed by atoms with Gasteiger partial charge in [-0.3, -0.25) is 9.63 Å². The van der Waals surface area contributed by atoms with Gasteiger partial charge in [-0.25, -0.2) is 21.6 Å². The molecule has 11 heteroatoms. The molecule has 2 aliphatic carbocycles. The third-order valence-corrected chi connectivity index (χ3v) is 12.1. The number of nitrogens with zero attached hydrogens (tertiary/aromatic N) is 1. The first-order valence-corrected chi connectivity index (χ1v) is 15.9. The minimum Gasteiger partial charge on any atom is -0.322 e. The highest BCUT2D eigenvalue weighted by Crippen LogP contribution is 2.57. The van der Waals surface area contributed by atoms with E-state index in [1.807, 2.05) is 18.2 Å². The van der Waals surface area contributed by atoms with Crippen LogP contribution in [-0.4, -0.2) is 36.8 Å². The molecule has 3 aliphatic rings. The minimum atomic E-state index is -3.96. The van der Waals surface area contributed by atoms with Gasteiger partial charge in [0.2, 0.25) is 0 Å². The van der Waals surface area contributed by atoms with Crippen LogP contribution < -0.4 is 5.32 Å². The first-order chi connectivity index (χ1) is 20.0. The van der Waals surface area contributed by atoms with Crippen molar-refractivity contribution >= 4 is 33.0 Å². The van der Waals surface area contributed by atoms with Crippen molar-refractivity contribution in [3.8, 4) is 0 Å². The summed E-state index contributed by atoms with van der Waals surface area (Å²) in [5, 5.41) is 3.70. The normalized spacial score (nSPS) is 27.5. The van der Waals surface area contributed by atoms with Gasteiger partial charge in [-0.15, -0.1) is 0 Å². The molecule has 2 saturated carbocycles. The molecule has 3 aromatic carbocycles. The lowest BCUT2D eigenvalue weighted by Crippen LogP contribution is -2.55. The van der Waals surface area contributed by atoms with Gasteiger partial charge in [0.05, 0.1) is 27.3 Å². The number of hydrogen-bond donors (Lipinski definition) is 1. The standard InChI is InChI=1S/C31H30ClF3N2O4S/c1-18-17-41-37(16-19-5-3-2-4-6-19)31(18)14-21-7-8-22(15-31)29(21)42(39,40)27-11-20(9-10-24(27)32)30(38)36-23-12-25(33)28(35)26(34)13-23/h2-6,9-13,18,21-22,29H,7-8,14-17H2,1H3,(H,36,38)/t18?,21-,22?,29?,31-/m1/s1. The van der Waals surface area contributed by atoms with Gasteiger partial charge in [0.15, 0.2) is 27.3 Å². The number of nitrogens with one attached hydrogen (secondary N) is 1. The smallest absolute Gasteiger partial charge is 0.255 e. The molecule has 5 atom stereocenters. The Kier molecular flexibility index (Phi) is 7.62. The van der Waals surface area contributed by atoms with Crippen LogP contribution in [0.4, 0.5) is 18.9 Å². The van der Waals surface area contributed by atoms with Gasteiger partial charge in [0.1, 0.15) is 0 Å². The maximum absolute atomic E-state index is 14.2. The molecule has 1 spiro atoms. The van der Waals surface area contributed by atoms with Crippen LogP contribution in [0.5, 0.6) is 0 Å². The maximum atomic E-state index is 14.2. The van der Waals surface area contributed by atoms with Crippen molar-refractivity contribution in [3.05, 3.63) is 94.3 Å². The number of carbonyl (C=O) groups excluding carboxylic acids is 1. The first-order valence-electron chi connectivity index (χ1n) is 13.9. The molecule has 1 N–H and O–H groups in total. The molecule has 42 heavy (non-hydrogen) atoms. The van der Waals surface area contributed by atoms with Gasteiger partial charge in [-0.2, -0.15) is 5.06 Å². The minimum absolute atomic E-state index is 0.00613. The number of amides is 1. The molecule has 1 heterocycles. The fourth-order valence-electron chi connectivity index (χ4n) is 7.21. The molecular formula is C31H30ClF3N2O4S. The fourth-order valence-corrected chi connectivity index (χ4v) is 10.0. The zero-order valence-electron chi connectivity index (χ0n) is 22.8. The number of anilines is 1. The van der Waals surface area contributed by atoms with Crippen LogP contribution in [0.15, 0.2) is 65.6 Å². The molecule has 222 valence electrons. The Hall–Kier alpha value is -2.92. The monoisotopic (exact) mass is 618 g/mol. The lowest BCUT2D eigenvalue weighted by atomic mass is 9.69. The highest BCUT2D eigenvalue weighted by Gasteiger charge is 2.60. The summed E-state index contributed by atoms with van der Waals surface area (Å²) >= 11 is 6.42. The molecule has 2 bridgehead atoms. The van der Waals surface area contributed by atoms with E-state index in [4.69, 9.17) is 16.4 Å². The average molecular weight is 619 g/mol. The summed E-state index contributed by atoms with van der Waals surface area (Å²) < 4.78 is 69.0. The van der Waals surface area contributed by atoms with Gasteiger partial charge in [0.25, 0.3) is 5.91 Å². The zero-order chi connectivity index (χ0) is 29.8. The molecule has 3 aromatic rings. The molecule has 0 radical (unpaired) electrons. The Morgan fingerprint density at radius 1 is 1.02 bits per heavy atom. The predicted octanol–water partition coefficient (Wildman–Crippen LogP) is 6.79. The second kappa shape index (κ2) is 11.0. The van der Waals surface area contributed by atoms with E-state index in [1.165, 1.54) is 18.2 Å². The number of benzene rings is 3. The predicted molar refractivity (Wildman–Crippen MR) is 152 cm³/mol. The molecule has 0 aromatic heterocycles. The van der Waals surface area contributed by atoms with E-state index in [9.17, 15) is 26.4 Å². The van der Waals surface area contributed by atoms with Crippen LogP contribution >= 0.6 is 11.6 Å². The third-order valence-electron chi connectivity index (χ3n) is 9.23. The Morgan fingerprint density at radius 2 is 1.67 bits per heavy atom. The van der Waals surface area contributed by atoms with Crippen molar-refractivity contribution in [1.82, 2.24) is 5.06 Å². The average Bonchev–Trinajstić information content (AvgIpc) is 3.41. The molecule has 1 amide bonds. The van der Waals surface area contributed by atoms with E-state index in [0.29, 0.717) is 38.1 Å². The second-order valence-corrected chi connectivity index (χ2v) is 14.2. The number of fused-ring (bicyclic) bond motifs is 2. The lowest BCUT2D eigenvalue weighted by molar-refractivity contribution is -0.185. The first kappa shape index (κ1) is 29.2. The fraction of sp³-hybridized carbons (Fsp3) is 0.387. The molecule has 1 saturated heterocycles. The topological polar surface area (TPSA) is 75.7 Å². The number of rotatable bonds is 6. The number of hydroxylamine groups is 2. The van der Waals surface area contributed by atoms with Gasteiger partial charge in [0, 0.05) is 35.8 Å². The van der Waals surface area contributed by atoms with E-state index in [1.54, 1.807) is 0 Å². The van der Waals surface area contributed by atoms with E-state index >= 15 is 0 Å². The van der Waals surface area contributed by atoms with Gasteiger partial charge >= 0.3 is 0 Å².